The first-order chi connectivity index (χ1) is 17.7. The second-order valence-electron chi connectivity index (χ2n) is 8.53. The Labute approximate surface area is 210 Å². The predicted octanol–water partition coefficient (Wildman–Crippen LogP) is 7.01. The van der Waals surface area contributed by atoms with Gasteiger partial charge in [0.05, 0.1) is 16.6 Å². The van der Waals surface area contributed by atoms with Crippen molar-refractivity contribution in [2.75, 3.05) is 5.32 Å². The second-order valence-corrected chi connectivity index (χ2v) is 8.53. The van der Waals surface area contributed by atoms with E-state index in [-0.39, 0.29) is 5.56 Å². The van der Waals surface area contributed by atoms with Gasteiger partial charge in [-0.15, -0.1) is 0 Å². The van der Waals surface area contributed by atoms with Gasteiger partial charge >= 0.3 is 6.18 Å². The average Bonchev–Trinajstić information content (AvgIpc) is 3.27. The maximum atomic E-state index is 13.1. The lowest BCUT2D eigenvalue weighted by molar-refractivity contribution is -0.137. The molecule has 0 saturated heterocycles. The van der Waals surface area contributed by atoms with E-state index in [0.717, 1.165) is 34.3 Å². The van der Waals surface area contributed by atoms with Crippen LogP contribution in [0, 0.1) is 6.92 Å². The number of carbonyl (C=O) groups is 1. The summed E-state index contributed by atoms with van der Waals surface area (Å²) in [6, 6.07) is 16.8. The third-order valence-corrected chi connectivity index (χ3v) is 5.87. The normalized spacial score (nSPS) is 11.5. The summed E-state index contributed by atoms with van der Waals surface area (Å²) < 4.78 is 47.4. The molecule has 0 fully saturated rings. The lowest BCUT2D eigenvalue weighted by atomic mass is 10.1. The van der Waals surface area contributed by atoms with E-state index in [1.165, 1.54) is 12.1 Å². The Hall–Kier alpha value is -4.66. The van der Waals surface area contributed by atoms with Gasteiger partial charge in [0.25, 0.3) is 5.91 Å². The van der Waals surface area contributed by atoms with Gasteiger partial charge in [-0.2, -0.15) is 13.2 Å². The number of nitrogens with zero attached hydrogens (tertiary/aromatic N) is 3. The molecule has 5 aromatic rings. The van der Waals surface area contributed by atoms with Crippen molar-refractivity contribution < 1.29 is 22.7 Å². The van der Waals surface area contributed by atoms with Crippen molar-refractivity contribution in [3.05, 3.63) is 102 Å². The van der Waals surface area contributed by atoms with Crippen molar-refractivity contribution >= 4 is 22.6 Å². The highest BCUT2D eigenvalue weighted by atomic mass is 19.4. The fraction of sp³-hybridized carbons (Fsp3) is 0.107. The minimum atomic E-state index is -4.54. The maximum absolute atomic E-state index is 13.1. The number of hydrogen-bond acceptors (Lipinski definition) is 4. The molecule has 0 unspecified atom stereocenters. The Morgan fingerprint density at radius 1 is 1.00 bits per heavy atom. The van der Waals surface area contributed by atoms with Gasteiger partial charge in [-0.1, -0.05) is 12.1 Å². The summed E-state index contributed by atoms with van der Waals surface area (Å²) >= 11 is 0. The van der Waals surface area contributed by atoms with Crippen LogP contribution in [0.15, 0.2) is 85.3 Å². The Morgan fingerprint density at radius 3 is 2.59 bits per heavy atom. The monoisotopic (exact) mass is 502 g/mol. The minimum Gasteiger partial charge on any atom is -0.456 e. The summed E-state index contributed by atoms with van der Waals surface area (Å²) in [6.45, 7) is 1.86. The van der Waals surface area contributed by atoms with E-state index in [9.17, 15) is 18.0 Å². The summed E-state index contributed by atoms with van der Waals surface area (Å²) in [6.07, 6.45) is 0.750. The number of hydrogen-bond donors (Lipinski definition) is 1. The number of amides is 1. The molecule has 0 aliphatic heterocycles. The van der Waals surface area contributed by atoms with Crippen molar-refractivity contribution in [1.82, 2.24) is 14.5 Å². The first-order valence-electron chi connectivity index (χ1n) is 11.3. The van der Waals surface area contributed by atoms with Gasteiger partial charge in [-0.3, -0.25) is 9.78 Å². The molecule has 6 nitrogen and oxygen atoms in total. The highest BCUT2D eigenvalue weighted by Gasteiger charge is 2.31. The zero-order chi connectivity index (χ0) is 26.2. The average molecular weight is 502 g/mol. The fourth-order valence-electron chi connectivity index (χ4n) is 3.89. The van der Waals surface area contributed by atoms with E-state index in [4.69, 9.17) is 9.72 Å². The molecular weight excluding hydrogens is 481 g/mol. The van der Waals surface area contributed by atoms with Crippen LogP contribution in [0.5, 0.6) is 11.5 Å². The van der Waals surface area contributed by atoms with Crippen LogP contribution in [0.3, 0.4) is 0 Å². The number of halogens is 3. The van der Waals surface area contributed by atoms with Crippen LogP contribution in [0.4, 0.5) is 18.9 Å². The molecule has 0 bridgehead atoms. The molecule has 1 amide bonds. The van der Waals surface area contributed by atoms with Gasteiger partial charge in [0.15, 0.2) is 0 Å². The number of alkyl halides is 3. The molecule has 3 heterocycles. The van der Waals surface area contributed by atoms with Crippen molar-refractivity contribution in [3.8, 4) is 22.8 Å². The summed E-state index contributed by atoms with van der Waals surface area (Å²) in [5.74, 6) is 0.387. The van der Waals surface area contributed by atoms with Gasteiger partial charge in [-0.05, 0) is 55.0 Å². The number of anilines is 1. The van der Waals surface area contributed by atoms with Crippen LogP contribution in [0.1, 0.15) is 21.5 Å². The number of nitrogens with one attached hydrogen (secondary N) is 1. The molecule has 0 radical (unpaired) electrons. The van der Waals surface area contributed by atoms with E-state index in [0.29, 0.717) is 22.9 Å². The van der Waals surface area contributed by atoms with E-state index < -0.39 is 17.6 Å². The molecule has 186 valence electrons. The van der Waals surface area contributed by atoms with Gasteiger partial charge in [-0.25, -0.2) is 4.98 Å². The van der Waals surface area contributed by atoms with Crippen LogP contribution >= 0.6 is 0 Å². The van der Waals surface area contributed by atoms with Crippen molar-refractivity contribution in [1.29, 1.82) is 0 Å². The summed E-state index contributed by atoms with van der Waals surface area (Å²) in [5.41, 5.74) is 2.44. The zero-order valence-corrected chi connectivity index (χ0v) is 19.9. The third kappa shape index (κ3) is 5.02. The maximum Gasteiger partial charge on any atom is 0.416 e. The highest BCUT2D eigenvalue weighted by Crippen LogP contribution is 2.36. The third-order valence-electron chi connectivity index (χ3n) is 5.87. The number of rotatable bonds is 5. The molecule has 3 aromatic heterocycles. The molecule has 9 heteroatoms. The van der Waals surface area contributed by atoms with Crippen LogP contribution in [-0.4, -0.2) is 20.4 Å². The standard InChI is InChI=1S/C28H21F3N4O2/c1-17-8-9-21(33-27(36)18-5-3-7-20(13-18)28(29,30)31)14-24(17)37-25-15-23(19-6-4-11-32-16-19)34-26-22(25)10-12-35(26)2/h3-16H,1-2H3,(H,33,36). The van der Waals surface area contributed by atoms with Crippen molar-refractivity contribution in [2.24, 2.45) is 7.05 Å². The van der Waals surface area contributed by atoms with E-state index in [2.05, 4.69) is 10.3 Å². The van der Waals surface area contributed by atoms with E-state index in [1.54, 1.807) is 30.6 Å². The number of benzene rings is 2. The molecule has 0 saturated carbocycles. The van der Waals surface area contributed by atoms with Crippen molar-refractivity contribution in [2.45, 2.75) is 13.1 Å². The molecule has 0 aliphatic carbocycles. The number of fused-ring (bicyclic) bond motifs is 1. The van der Waals surface area contributed by atoms with Crippen LogP contribution in [0.2, 0.25) is 0 Å². The first kappa shape index (κ1) is 24.1. The molecule has 0 aliphatic rings. The molecule has 0 atom stereocenters. The van der Waals surface area contributed by atoms with E-state index >= 15 is 0 Å². The van der Waals surface area contributed by atoms with Gasteiger partial charge in [0.2, 0.25) is 0 Å². The smallest absolute Gasteiger partial charge is 0.416 e. The topological polar surface area (TPSA) is 69.0 Å². The molecule has 1 N–H and O–H groups in total. The Kier molecular flexibility index (Phi) is 6.12. The summed E-state index contributed by atoms with van der Waals surface area (Å²) in [5, 5.41) is 3.46. The fourth-order valence-corrected chi connectivity index (χ4v) is 3.89. The number of aromatic nitrogens is 3. The van der Waals surface area contributed by atoms with Crippen LogP contribution < -0.4 is 10.1 Å². The molecule has 2 aromatic carbocycles. The Balaban J connectivity index is 1.46. The molecule has 37 heavy (non-hydrogen) atoms. The molecular formula is C28H21F3N4O2. The van der Waals surface area contributed by atoms with Gasteiger partial charge < -0.3 is 14.6 Å². The lowest BCUT2D eigenvalue weighted by Gasteiger charge is -2.14. The quantitative estimate of drug-likeness (QED) is 0.281. The summed E-state index contributed by atoms with van der Waals surface area (Å²) in [4.78, 5) is 21.6. The molecule has 0 spiro atoms. The van der Waals surface area contributed by atoms with Gasteiger partial charge in [0, 0.05) is 54.6 Å². The van der Waals surface area contributed by atoms with Crippen LogP contribution in [0.25, 0.3) is 22.3 Å². The highest BCUT2D eigenvalue weighted by molar-refractivity contribution is 6.04. The molecule has 5 rings (SSSR count). The minimum absolute atomic E-state index is 0.0980. The second kappa shape index (κ2) is 9.42. The lowest BCUT2D eigenvalue weighted by Crippen LogP contribution is -2.14. The Morgan fingerprint density at radius 2 is 1.84 bits per heavy atom. The SMILES string of the molecule is Cc1ccc(NC(=O)c2cccc(C(F)(F)F)c2)cc1Oc1cc(-c2cccnc2)nc2c1ccn2C. The van der Waals surface area contributed by atoms with Crippen LogP contribution in [-0.2, 0) is 13.2 Å². The summed E-state index contributed by atoms with van der Waals surface area (Å²) in [7, 11) is 1.89. The number of pyridine rings is 2. The largest absolute Gasteiger partial charge is 0.456 e. The van der Waals surface area contributed by atoms with E-state index in [1.807, 2.05) is 49.0 Å². The first-order valence-corrected chi connectivity index (χ1v) is 11.3. The zero-order valence-electron chi connectivity index (χ0n) is 19.9. The van der Waals surface area contributed by atoms with Gasteiger partial charge in [0.1, 0.15) is 17.1 Å². The number of ether oxygens (including phenoxy) is 1. The van der Waals surface area contributed by atoms with Crippen molar-refractivity contribution in [3.63, 3.8) is 0 Å². The Bertz CT molecular complexity index is 1610. The number of carbonyl (C=O) groups excluding carboxylic acids is 1. The number of aryl methyl sites for hydroxylation is 2. The predicted molar refractivity (Wildman–Crippen MR) is 135 cm³/mol.